The fourth-order valence-electron chi connectivity index (χ4n) is 2.50. The molecule has 4 heteroatoms. The zero-order chi connectivity index (χ0) is 18.2. The number of para-hydroxylation sites is 1. The van der Waals surface area contributed by atoms with E-state index in [0.717, 1.165) is 17.0 Å². The summed E-state index contributed by atoms with van der Waals surface area (Å²) in [6, 6.07) is 25.6. The minimum Gasteiger partial charge on any atom is -0.489 e. The molecule has 0 bridgehead atoms. The Labute approximate surface area is 159 Å². The minimum atomic E-state index is -0.0243. The van der Waals surface area contributed by atoms with Crippen molar-refractivity contribution in [2.24, 2.45) is 0 Å². The molecule has 0 amide bonds. The van der Waals surface area contributed by atoms with Gasteiger partial charge in [-0.05, 0) is 36.8 Å². The van der Waals surface area contributed by atoms with Crippen molar-refractivity contribution in [1.29, 1.82) is 0 Å². The van der Waals surface area contributed by atoms with Crippen molar-refractivity contribution in [2.75, 3.05) is 11.9 Å². The van der Waals surface area contributed by atoms with E-state index in [-0.39, 0.29) is 6.10 Å². The van der Waals surface area contributed by atoms with Crippen LogP contribution in [0.25, 0.3) is 0 Å². The molecule has 0 spiro atoms. The van der Waals surface area contributed by atoms with Crippen molar-refractivity contribution < 1.29 is 9.47 Å². The van der Waals surface area contributed by atoms with Crippen LogP contribution in [0.3, 0.4) is 0 Å². The molecule has 26 heavy (non-hydrogen) atoms. The predicted octanol–water partition coefficient (Wildman–Crippen LogP) is 5.80. The summed E-state index contributed by atoms with van der Waals surface area (Å²) in [6.07, 6.45) is -0.0243. The Morgan fingerprint density at radius 2 is 1.69 bits per heavy atom. The fourth-order valence-corrected chi connectivity index (χ4v) is 2.68. The summed E-state index contributed by atoms with van der Waals surface area (Å²) in [5.74, 6) is 1.53. The molecule has 0 aromatic heterocycles. The molecule has 0 aliphatic carbocycles. The van der Waals surface area contributed by atoms with E-state index in [2.05, 4.69) is 17.4 Å². The average Bonchev–Trinajstić information content (AvgIpc) is 2.68. The summed E-state index contributed by atoms with van der Waals surface area (Å²) in [7, 11) is 0. The standard InChI is InChI=1S/C22H22ClNO2/c1-17(26-22-13-6-5-12-21(22)23)15-24-19-10-7-11-20(14-19)25-16-18-8-3-2-4-9-18/h2-14,17,24H,15-16H2,1H3. The second-order valence-electron chi connectivity index (χ2n) is 6.04. The number of rotatable bonds is 8. The van der Waals surface area contributed by atoms with Gasteiger partial charge < -0.3 is 14.8 Å². The van der Waals surface area contributed by atoms with E-state index in [0.29, 0.717) is 23.9 Å². The van der Waals surface area contributed by atoms with Crippen LogP contribution in [0.4, 0.5) is 5.69 Å². The van der Waals surface area contributed by atoms with E-state index in [9.17, 15) is 0 Å². The number of anilines is 1. The Hall–Kier alpha value is -2.65. The maximum absolute atomic E-state index is 6.13. The van der Waals surface area contributed by atoms with Crippen molar-refractivity contribution in [3.05, 3.63) is 89.4 Å². The minimum absolute atomic E-state index is 0.0243. The van der Waals surface area contributed by atoms with Crippen LogP contribution in [0.1, 0.15) is 12.5 Å². The molecule has 0 saturated heterocycles. The van der Waals surface area contributed by atoms with E-state index in [4.69, 9.17) is 21.1 Å². The summed E-state index contributed by atoms with van der Waals surface area (Å²) < 4.78 is 11.7. The van der Waals surface area contributed by atoms with Gasteiger partial charge in [0.2, 0.25) is 0 Å². The molecule has 3 nitrogen and oxygen atoms in total. The number of hydrogen-bond acceptors (Lipinski definition) is 3. The van der Waals surface area contributed by atoms with E-state index >= 15 is 0 Å². The summed E-state index contributed by atoms with van der Waals surface area (Å²) >= 11 is 6.13. The molecule has 1 N–H and O–H groups in total. The first kappa shape index (κ1) is 18.2. The Kier molecular flexibility index (Phi) is 6.39. The van der Waals surface area contributed by atoms with Gasteiger partial charge >= 0.3 is 0 Å². The van der Waals surface area contributed by atoms with E-state index in [1.54, 1.807) is 0 Å². The lowest BCUT2D eigenvalue weighted by molar-refractivity contribution is 0.235. The zero-order valence-corrected chi connectivity index (χ0v) is 15.4. The lowest BCUT2D eigenvalue weighted by atomic mass is 10.2. The van der Waals surface area contributed by atoms with Crippen molar-refractivity contribution in [1.82, 2.24) is 0 Å². The van der Waals surface area contributed by atoms with Gasteiger partial charge in [0.25, 0.3) is 0 Å². The Bertz CT molecular complexity index is 823. The smallest absolute Gasteiger partial charge is 0.138 e. The number of hydrogen-bond donors (Lipinski definition) is 1. The van der Waals surface area contributed by atoms with E-state index in [1.807, 2.05) is 73.7 Å². The molecule has 0 aliphatic heterocycles. The van der Waals surface area contributed by atoms with Gasteiger partial charge in [-0.15, -0.1) is 0 Å². The second kappa shape index (κ2) is 9.16. The molecule has 3 aromatic carbocycles. The maximum Gasteiger partial charge on any atom is 0.138 e. The summed E-state index contributed by atoms with van der Waals surface area (Å²) in [6.45, 7) is 3.22. The monoisotopic (exact) mass is 367 g/mol. The number of nitrogens with one attached hydrogen (secondary N) is 1. The Balaban J connectivity index is 1.51. The lowest BCUT2D eigenvalue weighted by Crippen LogP contribution is -2.22. The summed E-state index contributed by atoms with van der Waals surface area (Å²) in [4.78, 5) is 0. The van der Waals surface area contributed by atoms with Crippen molar-refractivity contribution in [3.63, 3.8) is 0 Å². The summed E-state index contributed by atoms with van der Waals surface area (Å²) in [5.41, 5.74) is 2.14. The van der Waals surface area contributed by atoms with Crippen LogP contribution >= 0.6 is 11.6 Å². The molecular weight excluding hydrogens is 346 g/mol. The third-order valence-electron chi connectivity index (χ3n) is 3.84. The normalized spacial score (nSPS) is 11.6. The van der Waals surface area contributed by atoms with E-state index in [1.165, 1.54) is 0 Å². The maximum atomic E-state index is 6.13. The molecule has 0 radical (unpaired) electrons. The fraction of sp³-hybridized carbons (Fsp3) is 0.182. The molecular formula is C22H22ClNO2. The van der Waals surface area contributed by atoms with Gasteiger partial charge in [-0.25, -0.2) is 0 Å². The number of halogens is 1. The van der Waals surface area contributed by atoms with Gasteiger partial charge in [0.05, 0.1) is 11.6 Å². The van der Waals surface area contributed by atoms with Gasteiger partial charge in [-0.3, -0.25) is 0 Å². The Morgan fingerprint density at radius 3 is 2.50 bits per heavy atom. The highest BCUT2D eigenvalue weighted by atomic mass is 35.5. The molecule has 0 fully saturated rings. The third-order valence-corrected chi connectivity index (χ3v) is 4.15. The third kappa shape index (κ3) is 5.43. The van der Waals surface area contributed by atoms with Gasteiger partial charge in [0, 0.05) is 11.8 Å². The molecule has 134 valence electrons. The summed E-state index contributed by atoms with van der Waals surface area (Å²) in [5, 5.41) is 4.00. The van der Waals surface area contributed by atoms with Crippen molar-refractivity contribution >= 4 is 17.3 Å². The van der Waals surface area contributed by atoms with E-state index < -0.39 is 0 Å². The first-order valence-corrected chi connectivity index (χ1v) is 9.00. The van der Waals surface area contributed by atoms with Gasteiger partial charge in [0.15, 0.2) is 0 Å². The topological polar surface area (TPSA) is 30.5 Å². The van der Waals surface area contributed by atoms with Crippen molar-refractivity contribution in [3.8, 4) is 11.5 Å². The first-order valence-electron chi connectivity index (χ1n) is 8.62. The highest BCUT2D eigenvalue weighted by Gasteiger charge is 2.07. The van der Waals surface area contributed by atoms with Crippen LogP contribution in [0.2, 0.25) is 5.02 Å². The molecule has 1 atom stereocenters. The highest BCUT2D eigenvalue weighted by molar-refractivity contribution is 6.32. The van der Waals surface area contributed by atoms with Crippen LogP contribution in [-0.4, -0.2) is 12.6 Å². The number of ether oxygens (including phenoxy) is 2. The van der Waals surface area contributed by atoms with Crippen LogP contribution < -0.4 is 14.8 Å². The average molecular weight is 368 g/mol. The van der Waals surface area contributed by atoms with Crippen LogP contribution in [-0.2, 0) is 6.61 Å². The molecule has 0 heterocycles. The Morgan fingerprint density at radius 1 is 0.923 bits per heavy atom. The molecule has 0 saturated carbocycles. The zero-order valence-electron chi connectivity index (χ0n) is 14.7. The lowest BCUT2D eigenvalue weighted by Gasteiger charge is -2.17. The van der Waals surface area contributed by atoms with Crippen LogP contribution in [0, 0.1) is 0 Å². The molecule has 3 aromatic rings. The molecule has 3 rings (SSSR count). The van der Waals surface area contributed by atoms with Crippen LogP contribution in [0.5, 0.6) is 11.5 Å². The second-order valence-corrected chi connectivity index (χ2v) is 6.45. The van der Waals surface area contributed by atoms with Gasteiger partial charge in [-0.1, -0.05) is 60.1 Å². The highest BCUT2D eigenvalue weighted by Crippen LogP contribution is 2.24. The SMILES string of the molecule is CC(CNc1cccc(OCc2ccccc2)c1)Oc1ccccc1Cl. The van der Waals surface area contributed by atoms with Gasteiger partial charge in [-0.2, -0.15) is 0 Å². The quantitative estimate of drug-likeness (QED) is 0.546. The molecule has 1 unspecified atom stereocenters. The van der Waals surface area contributed by atoms with Gasteiger partial charge in [0.1, 0.15) is 24.2 Å². The predicted molar refractivity (Wildman–Crippen MR) is 107 cm³/mol. The molecule has 0 aliphatic rings. The number of benzene rings is 3. The van der Waals surface area contributed by atoms with Crippen molar-refractivity contribution in [2.45, 2.75) is 19.6 Å². The van der Waals surface area contributed by atoms with Crippen LogP contribution in [0.15, 0.2) is 78.9 Å². The first-order chi connectivity index (χ1) is 12.7. The largest absolute Gasteiger partial charge is 0.489 e.